The van der Waals surface area contributed by atoms with Crippen LogP contribution in [0.4, 0.5) is 0 Å². The highest BCUT2D eigenvalue weighted by Crippen LogP contribution is 2.30. The molecule has 3 heterocycles. The molecule has 2 aromatic heterocycles. The van der Waals surface area contributed by atoms with Gasteiger partial charge in [-0.15, -0.1) is 11.3 Å². The fraction of sp³-hybridized carbons (Fsp3) is 0.462. The number of aryl methyl sites for hydroxylation is 1. The van der Waals surface area contributed by atoms with Gasteiger partial charge < -0.3 is 20.4 Å². The third-order valence-electron chi connectivity index (χ3n) is 6.59. The molecule has 0 spiro atoms. The number of hydrogen-bond donors (Lipinski definition) is 3. The van der Waals surface area contributed by atoms with Gasteiger partial charge in [0.2, 0.25) is 11.8 Å². The topological polar surface area (TPSA) is 121 Å². The molecule has 4 atom stereocenters. The SMILES string of the molecule is Cc1cnn(C(C(=O)N2CC(O)CC2C(=O)NC(C)c2ccc(-c3scnc3CO)cc2)C(C)C)c1. The van der Waals surface area contributed by atoms with Crippen LogP contribution in [0.2, 0.25) is 0 Å². The highest BCUT2D eigenvalue weighted by molar-refractivity contribution is 7.13. The molecule has 0 aliphatic carbocycles. The van der Waals surface area contributed by atoms with Gasteiger partial charge in [0, 0.05) is 19.2 Å². The molecule has 10 heteroatoms. The van der Waals surface area contributed by atoms with Crippen molar-refractivity contribution in [2.75, 3.05) is 6.54 Å². The third-order valence-corrected chi connectivity index (χ3v) is 7.51. The number of aliphatic hydroxyl groups is 2. The number of rotatable bonds is 8. The Morgan fingerprint density at radius 2 is 1.94 bits per heavy atom. The highest BCUT2D eigenvalue weighted by Gasteiger charge is 2.42. The molecular weight excluding hydrogens is 478 g/mol. The van der Waals surface area contributed by atoms with Gasteiger partial charge in [0.1, 0.15) is 12.1 Å². The normalized spacial score (nSPS) is 19.5. The number of aromatic nitrogens is 3. The highest BCUT2D eigenvalue weighted by atomic mass is 32.1. The molecule has 0 radical (unpaired) electrons. The van der Waals surface area contributed by atoms with Crippen molar-refractivity contribution in [2.24, 2.45) is 5.92 Å². The van der Waals surface area contributed by atoms with E-state index in [1.165, 1.54) is 16.2 Å². The van der Waals surface area contributed by atoms with E-state index in [0.717, 1.165) is 21.6 Å². The Hall–Kier alpha value is -3.08. The van der Waals surface area contributed by atoms with E-state index in [2.05, 4.69) is 15.4 Å². The van der Waals surface area contributed by atoms with Crippen LogP contribution in [0.5, 0.6) is 0 Å². The summed E-state index contributed by atoms with van der Waals surface area (Å²) in [4.78, 5) is 33.4. The number of likely N-dealkylation sites (tertiary alicyclic amines) is 1. The zero-order chi connectivity index (χ0) is 26.0. The maximum atomic E-state index is 13.6. The lowest BCUT2D eigenvalue weighted by Crippen LogP contribution is -2.49. The molecule has 4 rings (SSSR count). The first-order valence-electron chi connectivity index (χ1n) is 12.1. The molecule has 9 nitrogen and oxygen atoms in total. The van der Waals surface area contributed by atoms with Gasteiger partial charge in [-0.25, -0.2) is 4.98 Å². The van der Waals surface area contributed by atoms with Crippen molar-refractivity contribution in [3.63, 3.8) is 0 Å². The van der Waals surface area contributed by atoms with Crippen molar-refractivity contribution in [1.82, 2.24) is 25.0 Å². The molecule has 1 aliphatic heterocycles. The van der Waals surface area contributed by atoms with E-state index in [4.69, 9.17) is 0 Å². The number of nitrogens with one attached hydrogen (secondary N) is 1. The molecule has 4 unspecified atom stereocenters. The summed E-state index contributed by atoms with van der Waals surface area (Å²) < 4.78 is 1.65. The Balaban J connectivity index is 1.47. The van der Waals surface area contributed by atoms with Crippen LogP contribution in [0.15, 0.2) is 42.2 Å². The fourth-order valence-electron chi connectivity index (χ4n) is 4.70. The van der Waals surface area contributed by atoms with Crippen LogP contribution in [0.25, 0.3) is 10.4 Å². The van der Waals surface area contributed by atoms with Crippen molar-refractivity contribution in [3.05, 3.63) is 59.0 Å². The van der Waals surface area contributed by atoms with Gasteiger partial charge in [-0.05, 0) is 36.5 Å². The molecule has 1 aromatic carbocycles. The summed E-state index contributed by atoms with van der Waals surface area (Å²) in [6.07, 6.45) is 2.97. The lowest BCUT2D eigenvalue weighted by Gasteiger charge is -2.30. The number of benzene rings is 1. The Labute approximate surface area is 214 Å². The lowest BCUT2D eigenvalue weighted by molar-refractivity contribution is -0.142. The zero-order valence-electron chi connectivity index (χ0n) is 21.0. The average molecular weight is 512 g/mol. The van der Waals surface area contributed by atoms with Crippen molar-refractivity contribution in [2.45, 2.75) is 65.0 Å². The zero-order valence-corrected chi connectivity index (χ0v) is 21.8. The Kier molecular flexibility index (Phi) is 7.87. The van der Waals surface area contributed by atoms with Gasteiger partial charge in [-0.3, -0.25) is 14.3 Å². The van der Waals surface area contributed by atoms with Gasteiger partial charge in [-0.2, -0.15) is 5.10 Å². The first-order valence-corrected chi connectivity index (χ1v) is 13.0. The second kappa shape index (κ2) is 10.9. The van der Waals surface area contributed by atoms with E-state index in [1.54, 1.807) is 16.4 Å². The summed E-state index contributed by atoms with van der Waals surface area (Å²) >= 11 is 1.47. The van der Waals surface area contributed by atoms with Crippen molar-refractivity contribution in [1.29, 1.82) is 0 Å². The molecular formula is C26H33N5O4S. The number of aliphatic hydroxyl groups excluding tert-OH is 2. The Morgan fingerprint density at radius 3 is 2.56 bits per heavy atom. The summed E-state index contributed by atoms with van der Waals surface area (Å²) in [7, 11) is 0. The molecule has 36 heavy (non-hydrogen) atoms. The number of thiazole rings is 1. The molecule has 1 fully saturated rings. The van der Waals surface area contributed by atoms with Crippen LogP contribution in [0.1, 0.15) is 56.1 Å². The minimum Gasteiger partial charge on any atom is -0.391 e. The van der Waals surface area contributed by atoms with Crippen molar-refractivity contribution >= 4 is 23.2 Å². The van der Waals surface area contributed by atoms with Crippen molar-refractivity contribution in [3.8, 4) is 10.4 Å². The van der Waals surface area contributed by atoms with Gasteiger partial charge in [0.05, 0.1) is 41.0 Å². The predicted octanol–water partition coefficient (Wildman–Crippen LogP) is 2.84. The van der Waals surface area contributed by atoms with Gasteiger partial charge in [0.25, 0.3) is 0 Å². The first-order chi connectivity index (χ1) is 17.2. The third kappa shape index (κ3) is 5.35. The minimum absolute atomic E-state index is 0.0411. The number of nitrogens with zero attached hydrogens (tertiary/aromatic N) is 4. The molecule has 0 bridgehead atoms. The van der Waals surface area contributed by atoms with Crippen LogP contribution in [-0.4, -0.2) is 60.4 Å². The van der Waals surface area contributed by atoms with Crippen LogP contribution in [-0.2, 0) is 16.2 Å². The fourth-order valence-corrected chi connectivity index (χ4v) is 5.51. The number of amides is 2. The molecule has 192 valence electrons. The molecule has 1 saturated heterocycles. The van der Waals surface area contributed by atoms with E-state index in [9.17, 15) is 19.8 Å². The van der Waals surface area contributed by atoms with Gasteiger partial charge in [0.15, 0.2) is 0 Å². The van der Waals surface area contributed by atoms with Crippen LogP contribution < -0.4 is 5.32 Å². The number of carbonyl (C=O) groups is 2. The standard InChI is InChI=1S/C26H33N5O4S/c1-15(2)23(31-11-16(3)10-28-31)26(35)30-12-20(33)9-22(30)25(34)29-17(4)18-5-7-19(8-6-18)24-21(13-32)27-14-36-24/h5-8,10-11,14-15,17,20,22-23,32-33H,9,12-13H2,1-4H3,(H,29,34). The number of carbonyl (C=O) groups excluding carboxylic acids is 2. The van der Waals surface area contributed by atoms with E-state index >= 15 is 0 Å². The largest absolute Gasteiger partial charge is 0.391 e. The lowest BCUT2D eigenvalue weighted by atomic mass is 10.0. The summed E-state index contributed by atoms with van der Waals surface area (Å²) in [6.45, 7) is 7.70. The van der Waals surface area contributed by atoms with Gasteiger partial charge in [-0.1, -0.05) is 38.1 Å². The monoisotopic (exact) mass is 511 g/mol. The van der Waals surface area contributed by atoms with Crippen molar-refractivity contribution < 1.29 is 19.8 Å². The first kappa shape index (κ1) is 26.0. The predicted molar refractivity (Wildman–Crippen MR) is 137 cm³/mol. The molecule has 3 N–H and O–H groups in total. The smallest absolute Gasteiger partial charge is 0.248 e. The summed E-state index contributed by atoms with van der Waals surface area (Å²) in [5.74, 6) is -0.549. The maximum absolute atomic E-state index is 13.6. The van der Waals surface area contributed by atoms with E-state index < -0.39 is 18.2 Å². The maximum Gasteiger partial charge on any atom is 0.248 e. The second-order valence-electron chi connectivity index (χ2n) is 9.72. The quantitative estimate of drug-likeness (QED) is 0.428. The molecule has 0 saturated carbocycles. The molecule has 2 amide bonds. The number of β-amino-alcohol motifs (C(OH)–C–C–N with tert-alkyl or cyclic N) is 1. The molecule has 1 aliphatic rings. The van der Waals surface area contributed by atoms with E-state index in [0.29, 0.717) is 5.69 Å². The summed E-state index contributed by atoms with van der Waals surface area (Å²) in [5.41, 5.74) is 5.16. The van der Waals surface area contributed by atoms with Crippen LogP contribution in [0.3, 0.4) is 0 Å². The van der Waals surface area contributed by atoms with E-state index in [-0.39, 0.29) is 43.3 Å². The molecule has 3 aromatic rings. The second-order valence-corrected chi connectivity index (χ2v) is 10.6. The van der Waals surface area contributed by atoms with Crippen LogP contribution in [0, 0.1) is 12.8 Å². The Bertz CT molecular complexity index is 1210. The minimum atomic E-state index is -0.758. The van der Waals surface area contributed by atoms with Crippen LogP contribution >= 0.6 is 11.3 Å². The summed E-state index contributed by atoms with van der Waals surface area (Å²) in [5, 5.41) is 27.2. The number of hydrogen-bond acceptors (Lipinski definition) is 7. The average Bonchev–Trinajstić information content (AvgIpc) is 3.58. The van der Waals surface area contributed by atoms with Gasteiger partial charge >= 0.3 is 0 Å². The Morgan fingerprint density at radius 1 is 1.22 bits per heavy atom. The van der Waals surface area contributed by atoms with E-state index in [1.807, 2.05) is 58.2 Å². The summed E-state index contributed by atoms with van der Waals surface area (Å²) in [6, 6.07) is 6.15.